The summed E-state index contributed by atoms with van der Waals surface area (Å²) in [6, 6.07) is 6.47. The summed E-state index contributed by atoms with van der Waals surface area (Å²) >= 11 is 0. The number of rotatable bonds is 8. The van der Waals surface area contributed by atoms with Crippen LogP contribution in [0, 0.1) is 0 Å². The molecule has 0 fully saturated rings. The molecule has 1 aromatic carbocycles. The number of anilines is 2. The van der Waals surface area contributed by atoms with Crippen LogP contribution < -0.4 is 21.1 Å². The molecule has 1 aromatic heterocycles. The second-order valence-electron chi connectivity index (χ2n) is 5.59. The number of methoxy groups -OCH3 is 1. The smallest absolute Gasteiger partial charge is 0.246 e. The van der Waals surface area contributed by atoms with Gasteiger partial charge in [-0.25, -0.2) is 0 Å². The third-order valence-corrected chi connectivity index (χ3v) is 3.52. The number of amides is 2. The highest BCUT2D eigenvalue weighted by molar-refractivity contribution is 5.94. The lowest BCUT2D eigenvalue weighted by atomic mass is 10.2. The number of nitrogens with one attached hydrogen (secondary N) is 2. The number of carbonyl (C=O) groups is 2. The zero-order valence-corrected chi connectivity index (χ0v) is 14.4. The Balaban J connectivity index is 1.87. The fourth-order valence-corrected chi connectivity index (χ4v) is 2.21. The quantitative estimate of drug-likeness (QED) is 0.673. The van der Waals surface area contributed by atoms with Crippen molar-refractivity contribution in [2.45, 2.75) is 32.4 Å². The topological polar surface area (TPSA) is 111 Å². The Morgan fingerprint density at radius 3 is 2.60 bits per heavy atom. The van der Waals surface area contributed by atoms with Gasteiger partial charge in [0.2, 0.25) is 11.8 Å². The zero-order valence-electron chi connectivity index (χ0n) is 14.4. The summed E-state index contributed by atoms with van der Waals surface area (Å²) in [5, 5.41) is 9.52. The van der Waals surface area contributed by atoms with Crippen LogP contribution in [0.3, 0.4) is 0 Å². The Labute approximate surface area is 146 Å². The molecule has 4 N–H and O–H groups in total. The third-order valence-electron chi connectivity index (χ3n) is 3.52. The molecule has 8 nitrogen and oxygen atoms in total. The molecule has 25 heavy (non-hydrogen) atoms. The van der Waals surface area contributed by atoms with Crippen LogP contribution in [-0.4, -0.2) is 34.7 Å². The molecule has 0 radical (unpaired) electrons. The van der Waals surface area contributed by atoms with E-state index in [4.69, 9.17) is 10.5 Å². The van der Waals surface area contributed by atoms with Gasteiger partial charge in [0.1, 0.15) is 12.3 Å². The van der Waals surface area contributed by atoms with E-state index in [1.54, 1.807) is 37.6 Å². The first kappa shape index (κ1) is 18.5. The monoisotopic (exact) mass is 345 g/mol. The van der Waals surface area contributed by atoms with Gasteiger partial charge in [-0.2, -0.15) is 5.10 Å². The molecule has 0 spiro atoms. The van der Waals surface area contributed by atoms with Gasteiger partial charge in [-0.3, -0.25) is 14.3 Å². The van der Waals surface area contributed by atoms with E-state index in [-0.39, 0.29) is 18.4 Å². The van der Waals surface area contributed by atoms with Crippen molar-refractivity contribution < 1.29 is 14.3 Å². The number of carbonyl (C=O) groups excluding carboxylic acids is 2. The van der Waals surface area contributed by atoms with Crippen LogP contribution in [0.25, 0.3) is 0 Å². The van der Waals surface area contributed by atoms with Crippen LogP contribution in [-0.2, 0) is 16.1 Å². The van der Waals surface area contributed by atoms with E-state index in [9.17, 15) is 9.59 Å². The van der Waals surface area contributed by atoms with E-state index in [2.05, 4.69) is 15.7 Å². The van der Waals surface area contributed by atoms with E-state index in [1.165, 1.54) is 10.9 Å². The maximum atomic E-state index is 12.1. The Hall–Kier alpha value is -2.87. The second kappa shape index (κ2) is 8.84. The summed E-state index contributed by atoms with van der Waals surface area (Å²) in [4.78, 5) is 23.9. The van der Waals surface area contributed by atoms with Crippen molar-refractivity contribution in [1.82, 2.24) is 9.78 Å². The maximum absolute atomic E-state index is 12.1. The molecule has 0 bridgehead atoms. The number of hydrogen-bond donors (Lipinski definition) is 3. The highest BCUT2D eigenvalue weighted by Crippen LogP contribution is 2.15. The molecule has 0 aliphatic rings. The van der Waals surface area contributed by atoms with Crippen molar-refractivity contribution in [3.63, 3.8) is 0 Å². The number of nitrogens with two attached hydrogens (primary N) is 1. The summed E-state index contributed by atoms with van der Waals surface area (Å²) in [5.41, 5.74) is 6.93. The summed E-state index contributed by atoms with van der Waals surface area (Å²) < 4.78 is 6.51. The summed E-state index contributed by atoms with van der Waals surface area (Å²) in [5.74, 6) is 0.227. The fourth-order valence-electron chi connectivity index (χ4n) is 2.21. The average molecular weight is 345 g/mol. The normalized spacial score (nSPS) is 11.6. The fraction of sp³-hybridized carbons (Fsp3) is 0.353. The number of benzene rings is 1. The highest BCUT2D eigenvalue weighted by Gasteiger charge is 2.13. The van der Waals surface area contributed by atoms with Crippen LogP contribution in [0.1, 0.15) is 19.8 Å². The molecule has 2 amide bonds. The molecular weight excluding hydrogens is 322 g/mol. The van der Waals surface area contributed by atoms with Crippen LogP contribution in [0.5, 0.6) is 5.75 Å². The molecule has 1 unspecified atom stereocenters. The minimum atomic E-state index is -0.549. The van der Waals surface area contributed by atoms with E-state index in [1.807, 2.05) is 6.92 Å². The highest BCUT2D eigenvalue weighted by atomic mass is 16.5. The lowest BCUT2D eigenvalue weighted by Gasteiger charge is -2.09. The number of aromatic nitrogens is 2. The van der Waals surface area contributed by atoms with Gasteiger partial charge in [-0.1, -0.05) is 13.3 Å². The molecule has 1 heterocycles. The van der Waals surface area contributed by atoms with Gasteiger partial charge in [0.25, 0.3) is 0 Å². The predicted molar refractivity (Wildman–Crippen MR) is 95.4 cm³/mol. The van der Waals surface area contributed by atoms with Crippen molar-refractivity contribution >= 4 is 23.2 Å². The van der Waals surface area contributed by atoms with Crippen molar-refractivity contribution in [2.75, 3.05) is 17.7 Å². The van der Waals surface area contributed by atoms with Gasteiger partial charge in [0, 0.05) is 11.9 Å². The minimum absolute atomic E-state index is 0.0307. The molecule has 1 atom stereocenters. The third kappa shape index (κ3) is 5.61. The van der Waals surface area contributed by atoms with Crippen molar-refractivity contribution in [3.8, 4) is 5.75 Å². The molecule has 0 saturated carbocycles. The zero-order chi connectivity index (χ0) is 18.2. The van der Waals surface area contributed by atoms with Gasteiger partial charge in [-0.15, -0.1) is 0 Å². The van der Waals surface area contributed by atoms with E-state index < -0.39 is 6.04 Å². The van der Waals surface area contributed by atoms with Gasteiger partial charge in [-0.05, 0) is 30.7 Å². The van der Waals surface area contributed by atoms with Crippen LogP contribution >= 0.6 is 0 Å². The Bertz CT molecular complexity index is 711. The van der Waals surface area contributed by atoms with Crippen LogP contribution in [0.2, 0.25) is 0 Å². The standard InChI is InChI=1S/C17H23N5O3/c1-3-4-15(18)17(24)21-13-9-19-22(10-13)11-16(23)20-12-5-7-14(25-2)8-6-12/h5-10,15H,3-4,11,18H2,1-2H3,(H,20,23)(H,21,24). The number of nitrogens with zero attached hydrogens (tertiary/aromatic N) is 2. The first-order valence-corrected chi connectivity index (χ1v) is 8.04. The van der Waals surface area contributed by atoms with Crippen molar-refractivity contribution in [3.05, 3.63) is 36.7 Å². The molecule has 134 valence electrons. The summed E-state index contributed by atoms with van der Waals surface area (Å²) in [6.07, 6.45) is 4.52. The van der Waals surface area contributed by atoms with Gasteiger partial charge < -0.3 is 21.1 Å². The molecular formula is C17H23N5O3. The first-order chi connectivity index (χ1) is 12.0. The molecule has 0 aliphatic heterocycles. The summed E-state index contributed by atoms with van der Waals surface area (Å²) in [7, 11) is 1.58. The largest absolute Gasteiger partial charge is 0.497 e. The molecule has 0 aliphatic carbocycles. The molecule has 2 rings (SSSR count). The SMILES string of the molecule is CCCC(N)C(=O)Nc1cnn(CC(=O)Nc2ccc(OC)cc2)c1. The van der Waals surface area contributed by atoms with E-state index in [0.29, 0.717) is 23.5 Å². The molecule has 2 aromatic rings. The lowest BCUT2D eigenvalue weighted by molar-refractivity contribution is -0.118. The Morgan fingerprint density at radius 2 is 1.96 bits per heavy atom. The van der Waals surface area contributed by atoms with E-state index in [0.717, 1.165) is 6.42 Å². The number of hydrogen-bond acceptors (Lipinski definition) is 5. The maximum Gasteiger partial charge on any atom is 0.246 e. The van der Waals surface area contributed by atoms with Crippen LogP contribution in [0.15, 0.2) is 36.7 Å². The van der Waals surface area contributed by atoms with Crippen LogP contribution in [0.4, 0.5) is 11.4 Å². The van der Waals surface area contributed by atoms with E-state index >= 15 is 0 Å². The number of ether oxygens (including phenoxy) is 1. The Morgan fingerprint density at radius 1 is 1.24 bits per heavy atom. The second-order valence-corrected chi connectivity index (χ2v) is 5.59. The summed E-state index contributed by atoms with van der Waals surface area (Å²) in [6.45, 7) is 2.00. The van der Waals surface area contributed by atoms with Gasteiger partial charge in [0.05, 0.1) is 25.0 Å². The van der Waals surface area contributed by atoms with Gasteiger partial charge in [0.15, 0.2) is 0 Å². The predicted octanol–water partition coefficient (Wildman–Crippen LogP) is 1.60. The lowest BCUT2D eigenvalue weighted by Crippen LogP contribution is -2.35. The first-order valence-electron chi connectivity index (χ1n) is 8.04. The van der Waals surface area contributed by atoms with Crippen molar-refractivity contribution in [2.24, 2.45) is 5.73 Å². The molecule has 0 saturated heterocycles. The van der Waals surface area contributed by atoms with Crippen molar-refractivity contribution in [1.29, 1.82) is 0 Å². The van der Waals surface area contributed by atoms with Gasteiger partial charge >= 0.3 is 0 Å². The average Bonchev–Trinajstić information content (AvgIpc) is 3.02. The minimum Gasteiger partial charge on any atom is -0.497 e. The molecule has 8 heteroatoms. The Kier molecular flexibility index (Phi) is 6.53.